The lowest BCUT2D eigenvalue weighted by atomic mass is 10.8. The monoisotopic (exact) mass is 165 g/mol. The molecule has 0 bridgehead atoms. The van der Waals surface area contributed by atoms with Gasteiger partial charge in [-0.05, 0) is 20.4 Å². The first kappa shape index (κ1) is 12.7. The summed E-state index contributed by atoms with van der Waals surface area (Å²) in [6, 6.07) is 0. The first-order chi connectivity index (χ1) is 4.83. The maximum atomic E-state index is 4.99. The van der Waals surface area contributed by atoms with E-state index in [-0.39, 0.29) is 0 Å². The van der Waals surface area contributed by atoms with Gasteiger partial charge in [-0.15, -0.1) is 0 Å². The second-order valence-corrected chi connectivity index (χ2v) is 2.56. The molecule has 0 unspecified atom stereocenters. The van der Waals surface area contributed by atoms with Gasteiger partial charge in [-0.2, -0.15) is 0 Å². The second-order valence-electron chi connectivity index (χ2n) is 1.51. The third kappa shape index (κ3) is 24.3. The van der Waals surface area contributed by atoms with Crippen molar-refractivity contribution < 1.29 is 8.85 Å². The normalized spacial score (nSPS) is 8.40. The first-order valence-electron chi connectivity index (χ1n) is 3.68. The van der Waals surface area contributed by atoms with Crippen LogP contribution in [0.4, 0.5) is 0 Å². The van der Waals surface area contributed by atoms with Gasteiger partial charge in [0.25, 0.3) is 0 Å². The first-order valence-corrected chi connectivity index (χ1v) is 4.84. The predicted octanol–water partition coefficient (Wildman–Crippen LogP) is 0.0232. The molecule has 0 rings (SSSR count). The number of rotatable bonds is 4. The lowest BCUT2D eigenvalue weighted by molar-refractivity contribution is 0.240. The van der Waals surface area contributed by atoms with Gasteiger partial charge in [0.05, 0.1) is 0 Å². The van der Waals surface area contributed by atoms with Crippen LogP contribution in [-0.2, 0) is 8.85 Å². The van der Waals surface area contributed by atoms with E-state index >= 15 is 0 Å². The highest BCUT2D eigenvalue weighted by Gasteiger charge is 1.79. The molecule has 0 radical (unpaired) electrons. The fourth-order valence-electron chi connectivity index (χ4n) is 0.226. The van der Waals surface area contributed by atoms with Crippen molar-refractivity contribution in [3.8, 4) is 0 Å². The van der Waals surface area contributed by atoms with Crippen LogP contribution in [0.1, 0.15) is 20.8 Å². The SMILES string of the molecule is CCN.CCO[SiH2]OCC. The quantitative estimate of drug-likeness (QED) is 0.472. The summed E-state index contributed by atoms with van der Waals surface area (Å²) in [4.78, 5) is 0. The molecule has 0 saturated heterocycles. The van der Waals surface area contributed by atoms with Crippen molar-refractivity contribution in [1.29, 1.82) is 0 Å². The van der Waals surface area contributed by atoms with Crippen LogP contribution < -0.4 is 5.73 Å². The van der Waals surface area contributed by atoms with Crippen LogP contribution in [0.15, 0.2) is 0 Å². The minimum atomic E-state index is -0.589. The summed E-state index contributed by atoms with van der Waals surface area (Å²) in [6.45, 7) is 8.20. The Morgan fingerprint density at radius 2 is 1.40 bits per heavy atom. The molecule has 4 heteroatoms. The Hall–Kier alpha value is 0.0969. The van der Waals surface area contributed by atoms with Gasteiger partial charge in [-0.25, -0.2) is 0 Å². The van der Waals surface area contributed by atoms with Crippen molar-refractivity contribution in [2.45, 2.75) is 20.8 Å². The maximum absolute atomic E-state index is 4.99. The molecule has 0 aliphatic rings. The van der Waals surface area contributed by atoms with E-state index in [0.29, 0.717) is 0 Å². The standard InChI is InChI=1S/C4H12O2Si.C2H7N/c1-3-5-7-6-4-2;1-2-3/h3-4,7H2,1-2H3;2-3H2,1H3. The summed E-state index contributed by atoms with van der Waals surface area (Å²) < 4.78 is 9.98. The van der Waals surface area contributed by atoms with Crippen LogP contribution in [0.5, 0.6) is 0 Å². The van der Waals surface area contributed by atoms with Crippen LogP contribution in [0, 0.1) is 0 Å². The van der Waals surface area contributed by atoms with E-state index < -0.39 is 10.0 Å². The lowest BCUT2D eigenvalue weighted by Gasteiger charge is -1.96. The highest BCUT2D eigenvalue weighted by molar-refractivity contribution is 6.17. The molecule has 0 atom stereocenters. The number of nitrogens with two attached hydrogens (primary N) is 1. The van der Waals surface area contributed by atoms with Gasteiger partial charge in [0, 0.05) is 13.2 Å². The predicted molar refractivity (Wildman–Crippen MR) is 46.5 cm³/mol. The molecule has 0 amide bonds. The van der Waals surface area contributed by atoms with Crippen LogP contribution >= 0.6 is 0 Å². The topological polar surface area (TPSA) is 44.5 Å². The van der Waals surface area contributed by atoms with Gasteiger partial charge in [-0.3, -0.25) is 0 Å². The number of hydrogen-bond acceptors (Lipinski definition) is 3. The average Bonchev–Trinajstić information content (AvgIpc) is 1.91. The van der Waals surface area contributed by atoms with Crippen molar-refractivity contribution in [1.82, 2.24) is 0 Å². The van der Waals surface area contributed by atoms with E-state index in [1.165, 1.54) is 0 Å². The largest absolute Gasteiger partial charge is 0.399 e. The van der Waals surface area contributed by atoms with Crippen molar-refractivity contribution in [3.63, 3.8) is 0 Å². The Balaban J connectivity index is 0. The average molecular weight is 165 g/mol. The summed E-state index contributed by atoms with van der Waals surface area (Å²) >= 11 is 0. The molecule has 0 aliphatic heterocycles. The molecule has 64 valence electrons. The van der Waals surface area contributed by atoms with Crippen molar-refractivity contribution in [3.05, 3.63) is 0 Å². The smallest absolute Gasteiger partial charge is 0.304 e. The van der Waals surface area contributed by atoms with Gasteiger partial charge >= 0.3 is 10.0 Å². The van der Waals surface area contributed by atoms with Gasteiger partial charge in [0.2, 0.25) is 0 Å². The zero-order valence-electron chi connectivity index (χ0n) is 7.22. The van der Waals surface area contributed by atoms with Crippen LogP contribution in [0.25, 0.3) is 0 Å². The van der Waals surface area contributed by atoms with Crippen molar-refractivity contribution in [2.24, 2.45) is 5.73 Å². The minimum Gasteiger partial charge on any atom is -0.399 e. The molecular formula is C6H19NO2Si. The molecule has 0 saturated carbocycles. The van der Waals surface area contributed by atoms with Gasteiger partial charge < -0.3 is 14.6 Å². The van der Waals surface area contributed by atoms with E-state index in [4.69, 9.17) is 14.6 Å². The van der Waals surface area contributed by atoms with Crippen LogP contribution in [-0.4, -0.2) is 29.8 Å². The van der Waals surface area contributed by atoms with Crippen molar-refractivity contribution >= 4 is 10.0 Å². The molecule has 3 nitrogen and oxygen atoms in total. The molecule has 0 aromatic heterocycles. The maximum Gasteiger partial charge on any atom is 0.304 e. The highest BCUT2D eigenvalue weighted by Crippen LogP contribution is 1.70. The molecule has 0 heterocycles. The Morgan fingerprint density at radius 1 is 1.10 bits per heavy atom. The minimum absolute atomic E-state index is 0.589. The summed E-state index contributed by atoms with van der Waals surface area (Å²) in [6.07, 6.45) is 0. The van der Waals surface area contributed by atoms with Crippen LogP contribution in [0.3, 0.4) is 0 Å². The van der Waals surface area contributed by atoms with Gasteiger partial charge in [0.15, 0.2) is 0 Å². The van der Waals surface area contributed by atoms with E-state index in [0.717, 1.165) is 19.8 Å². The van der Waals surface area contributed by atoms with E-state index in [9.17, 15) is 0 Å². The summed E-state index contributed by atoms with van der Waals surface area (Å²) in [5, 5.41) is 0. The van der Waals surface area contributed by atoms with Gasteiger partial charge in [-0.1, -0.05) is 6.92 Å². The molecule has 0 fully saturated rings. The third-order valence-electron chi connectivity index (χ3n) is 0.575. The Kier molecular flexibility index (Phi) is 20.4. The zero-order valence-corrected chi connectivity index (χ0v) is 8.64. The second kappa shape index (κ2) is 16.0. The molecule has 0 aromatic rings. The fourth-order valence-corrected chi connectivity index (χ4v) is 0.677. The molecule has 0 aromatic carbocycles. The lowest BCUT2D eigenvalue weighted by Crippen LogP contribution is -2.02. The summed E-state index contributed by atoms with van der Waals surface area (Å²) in [5.41, 5.74) is 4.85. The van der Waals surface area contributed by atoms with Crippen molar-refractivity contribution in [2.75, 3.05) is 19.8 Å². The molecule has 0 aliphatic carbocycles. The molecular weight excluding hydrogens is 146 g/mol. The summed E-state index contributed by atoms with van der Waals surface area (Å²) in [7, 11) is -0.589. The Labute approximate surface area is 66.0 Å². The Morgan fingerprint density at radius 3 is 1.60 bits per heavy atom. The number of hydrogen-bond donors (Lipinski definition) is 1. The van der Waals surface area contributed by atoms with E-state index in [1.54, 1.807) is 0 Å². The van der Waals surface area contributed by atoms with Gasteiger partial charge in [0.1, 0.15) is 0 Å². The Bertz CT molecular complexity index is 42.7. The van der Waals surface area contributed by atoms with E-state index in [2.05, 4.69) is 0 Å². The fraction of sp³-hybridized carbons (Fsp3) is 1.00. The molecule has 0 spiro atoms. The third-order valence-corrected chi connectivity index (χ3v) is 1.72. The zero-order chi connectivity index (χ0) is 8.24. The summed E-state index contributed by atoms with van der Waals surface area (Å²) in [5.74, 6) is 0. The van der Waals surface area contributed by atoms with E-state index in [1.807, 2.05) is 20.8 Å². The highest BCUT2D eigenvalue weighted by atomic mass is 28.3. The molecule has 10 heavy (non-hydrogen) atoms. The molecule has 2 N–H and O–H groups in total. The van der Waals surface area contributed by atoms with Crippen LogP contribution in [0.2, 0.25) is 0 Å².